The third kappa shape index (κ3) is 2.38. The van der Waals surface area contributed by atoms with Gasteiger partial charge in [0.15, 0.2) is 5.70 Å². The largest absolute Gasteiger partial charge is 0.497 e. The average molecular weight is 257 g/mol. The fourth-order valence-corrected chi connectivity index (χ4v) is 2.11. The topological polar surface area (TPSA) is 47.9 Å². The molecular formula is C15H15NO3. The first kappa shape index (κ1) is 12.0. The van der Waals surface area contributed by atoms with Gasteiger partial charge in [0.1, 0.15) is 5.75 Å². The van der Waals surface area contributed by atoms with Gasteiger partial charge in [0.25, 0.3) is 0 Å². The van der Waals surface area contributed by atoms with E-state index in [9.17, 15) is 4.79 Å². The number of ether oxygens (including phenoxy) is 2. The molecule has 0 aromatic heterocycles. The Balaban J connectivity index is 1.81. The minimum atomic E-state index is -0.349. The Bertz CT molecular complexity index is 553. The van der Waals surface area contributed by atoms with Gasteiger partial charge in [-0.3, -0.25) is 0 Å². The normalized spacial score (nSPS) is 21.0. The van der Waals surface area contributed by atoms with Crippen molar-refractivity contribution in [2.75, 3.05) is 7.11 Å². The molecule has 1 saturated carbocycles. The lowest BCUT2D eigenvalue weighted by atomic mass is 9.85. The zero-order chi connectivity index (χ0) is 13.2. The molecule has 0 spiro atoms. The maximum absolute atomic E-state index is 11.7. The number of methoxy groups -OCH3 is 1. The van der Waals surface area contributed by atoms with Crippen molar-refractivity contribution in [3.63, 3.8) is 0 Å². The third-order valence-electron chi connectivity index (χ3n) is 3.51. The summed E-state index contributed by atoms with van der Waals surface area (Å²) in [7, 11) is 1.62. The first-order valence-electron chi connectivity index (χ1n) is 6.43. The highest BCUT2D eigenvalue weighted by atomic mass is 16.6. The van der Waals surface area contributed by atoms with Crippen LogP contribution < -0.4 is 4.74 Å². The maximum atomic E-state index is 11.7. The molecule has 1 aliphatic carbocycles. The summed E-state index contributed by atoms with van der Waals surface area (Å²) in [4.78, 5) is 16.0. The Kier molecular flexibility index (Phi) is 3.07. The Morgan fingerprint density at radius 1 is 1.32 bits per heavy atom. The van der Waals surface area contributed by atoms with E-state index < -0.39 is 0 Å². The molecule has 0 amide bonds. The number of hydrogen-bond acceptors (Lipinski definition) is 4. The molecule has 1 heterocycles. The fraction of sp³-hybridized carbons (Fsp3) is 0.333. The highest BCUT2D eigenvalue weighted by Gasteiger charge is 2.32. The van der Waals surface area contributed by atoms with Gasteiger partial charge in [0, 0.05) is 5.92 Å². The van der Waals surface area contributed by atoms with Crippen LogP contribution in [0.25, 0.3) is 6.08 Å². The van der Waals surface area contributed by atoms with Gasteiger partial charge in [0.05, 0.1) is 7.11 Å². The predicted molar refractivity (Wildman–Crippen MR) is 71.8 cm³/mol. The van der Waals surface area contributed by atoms with E-state index in [0.29, 0.717) is 17.5 Å². The molecule has 1 aliphatic heterocycles. The second-order valence-electron chi connectivity index (χ2n) is 4.77. The number of aliphatic imine (C=N–C) groups is 1. The van der Waals surface area contributed by atoms with Crippen molar-refractivity contribution in [2.24, 2.45) is 10.9 Å². The minimum absolute atomic E-state index is 0.339. The van der Waals surface area contributed by atoms with Crippen LogP contribution in [0.1, 0.15) is 24.8 Å². The van der Waals surface area contributed by atoms with Crippen LogP contribution in [0.4, 0.5) is 0 Å². The summed E-state index contributed by atoms with van der Waals surface area (Å²) in [6.07, 6.45) is 5.08. The molecule has 1 aromatic carbocycles. The summed E-state index contributed by atoms with van der Waals surface area (Å²) >= 11 is 0. The van der Waals surface area contributed by atoms with Gasteiger partial charge in [-0.25, -0.2) is 9.79 Å². The first-order chi connectivity index (χ1) is 9.26. The third-order valence-corrected chi connectivity index (χ3v) is 3.51. The average Bonchev–Trinajstić information content (AvgIpc) is 2.69. The van der Waals surface area contributed by atoms with Crippen LogP contribution in [0.3, 0.4) is 0 Å². The number of benzene rings is 1. The second kappa shape index (κ2) is 4.88. The van der Waals surface area contributed by atoms with Gasteiger partial charge in [-0.05, 0) is 36.6 Å². The quantitative estimate of drug-likeness (QED) is 0.618. The molecule has 19 heavy (non-hydrogen) atoms. The lowest BCUT2D eigenvalue weighted by Crippen LogP contribution is -2.22. The molecule has 98 valence electrons. The van der Waals surface area contributed by atoms with Crippen LogP contribution in [-0.2, 0) is 9.53 Å². The van der Waals surface area contributed by atoms with Crippen molar-refractivity contribution in [3.05, 3.63) is 35.5 Å². The molecule has 0 bridgehead atoms. The van der Waals surface area contributed by atoms with E-state index in [1.54, 1.807) is 13.2 Å². The van der Waals surface area contributed by atoms with Crippen molar-refractivity contribution in [3.8, 4) is 5.75 Å². The van der Waals surface area contributed by atoms with Crippen molar-refractivity contribution >= 4 is 17.9 Å². The van der Waals surface area contributed by atoms with E-state index >= 15 is 0 Å². The van der Waals surface area contributed by atoms with E-state index in [0.717, 1.165) is 24.2 Å². The van der Waals surface area contributed by atoms with E-state index in [1.807, 2.05) is 24.3 Å². The van der Waals surface area contributed by atoms with E-state index in [2.05, 4.69) is 4.99 Å². The first-order valence-corrected chi connectivity index (χ1v) is 6.43. The van der Waals surface area contributed by atoms with Crippen molar-refractivity contribution in [1.82, 2.24) is 0 Å². The Hall–Kier alpha value is -2.10. The Morgan fingerprint density at radius 3 is 2.63 bits per heavy atom. The van der Waals surface area contributed by atoms with Crippen LogP contribution in [0.15, 0.2) is 35.0 Å². The SMILES string of the molecule is COc1ccc(/C=C2/N=C(C3CCC3)OC2=O)cc1. The monoisotopic (exact) mass is 257 g/mol. The minimum Gasteiger partial charge on any atom is -0.497 e. The van der Waals surface area contributed by atoms with E-state index in [1.165, 1.54) is 6.42 Å². The molecule has 0 atom stereocenters. The molecule has 2 aliphatic rings. The molecule has 1 fully saturated rings. The number of esters is 1. The lowest BCUT2D eigenvalue weighted by molar-refractivity contribution is -0.130. The van der Waals surface area contributed by atoms with Gasteiger partial charge >= 0.3 is 5.97 Å². The predicted octanol–water partition coefficient (Wildman–Crippen LogP) is 2.79. The summed E-state index contributed by atoms with van der Waals surface area (Å²) < 4.78 is 10.3. The summed E-state index contributed by atoms with van der Waals surface area (Å²) in [5.41, 5.74) is 1.29. The van der Waals surface area contributed by atoms with Crippen molar-refractivity contribution in [1.29, 1.82) is 0 Å². The van der Waals surface area contributed by atoms with E-state index in [4.69, 9.17) is 9.47 Å². The molecule has 3 rings (SSSR count). The molecule has 4 heteroatoms. The number of hydrogen-bond donors (Lipinski definition) is 0. The standard InChI is InChI=1S/C15H15NO3/c1-18-12-7-5-10(6-8-12)9-13-15(17)19-14(16-13)11-3-2-4-11/h5-9,11H,2-4H2,1H3/b13-9+. The number of rotatable bonds is 3. The Labute approximate surface area is 111 Å². The summed E-state index contributed by atoms with van der Waals surface area (Å²) in [5, 5.41) is 0. The maximum Gasteiger partial charge on any atom is 0.363 e. The van der Waals surface area contributed by atoms with Crippen LogP contribution in [0.2, 0.25) is 0 Å². The number of cyclic esters (lactones) is 1. The van der Waals surface area contributed by atoms with Gasteiger partial charge in [-0.2, -0.15) is 0 Å². The lowest BCUT2D eigenvalue weighted by Gasteiger charge is -2.23. The fourth-order valence-electron chi connectivity index (χ4n) is 2.11. The molecule has 0 radical (unpaired) electrons. The smallest absolute Gasteiger partial charge is 0.363 e. The summed E-state index contributed by atoms with van der Waals surface area (Å²) in [6, 6.07) is 7.47. The van der Waals surface area contributed by atoms with Gasteiger partial charge in [-0.1, -0.05) is 18.6 Å². The van der Waals surface area contributed by atoms with Crippen LogP contribution >= 0.6 is 0 Å². The van der Waals surface area contributed by atoms with Crippen molar-refractivity contribution in [2.45, 2.75) is 19.3 Å². The van der Waals surface area contributed by atoms with Crippen molar-refractivity contribution < 1.29 is 14.3 Å². The summed E-state index contributed by atoms with van der Waals surface area (Å²) in [6.45, 7) is 0. The second-order valence-corrected chi connectivity index (χ2v) is 4.77. The molecule has 0 unspecified atom stereocenters. The highest BCUT2D eigenvalue weighted by Crippen LogP contribution is 2.31. The Morgan fingerprint density at radius 2 is 2.05 bits per heavy atom. The zero-order valence-electron chi connectivity index (χ0n) is 10.8. The molecule has 1 aromatic rings. The molecule has 4 nitrogen and oxygen atoms in total. The van der Waals surface area contributed by atoms with E-state index in [-0.39, 0.29) is 5.97 Å². The number of carbonyl (C=O) groups is 1. The van der Waals surface area contributed by atoms with Crippen LogP contribution in [0.5, 0.6) is 5.75 Å². The molecule has 0 N–H and O–H groups in total. The number of nitrogens with zero attached hydrogens (tertiary/aromatic N) is 1. The van der Waals surface area contributed by atoms with Gasteiger partial charge < -0.3 is 9.47 Å². The van der Waals surface area contributed by atoms with Crippen LogP contribution in [0, 0.1) is 5.92 Å². The highest BCUT2D eigenvalue weighted by molar-refractivity contribution is 6.07. The summed E-state index contributed by atoms with van der Waals surface area (Å²) in [5.74, 6) is 1.37. The number of carbonyl (C=O) groups excluding carboxylic acids is 1. The van der Waals surface area contributed by atoms with Gasteiger partial charge in [0.2, 0.25) is 5.90 Å². The molecule has 0 saturated heterocycles. The zero-order valence-corrected chi connectivity index (χ0v) is 10.8. The molecular weight excluding hydrogens is 242 g/mol. The van der Waals surface area contributed by atoms with Gasteiger partial charge in [-0.15, -0.1) is 0 Å². The van der Waals surface area contributed by atoms with Crippen LogP contribution in [-0.4, -0.2) is 19.0 Å².